The zero-order valence-corrected chi connectivity index (χ0v) is 20.6. The van der Waals surface area contributed by atoms with E-state index in [1.54, 1.807) is 13.1 Å². The molecule has 0 spiro atoms. The molecule has 8 N–H and O–H groups in total. The summed E-state index contributed by atoms with van der Waals surface area (Å²) in [6, 6.07) is 10.3. The molecule has 2 atom stereocenters. The van der Waals surface area contributed by atoms with Crippen molar-refractivity contribution in [1.29, 1.82) is 0 Å². The quantitative estimate of drug-likeness (QED) is 0.0818. The van der Waals surface area contributed by atoms with Crippen LogP contribution < -0.4 is 5.32 Å². The predicted molar refractivity (Wildman–Crippen MR) is 141 cm³/mol. The molecule has 0 heterocycles. The zero-order chi connectivity index (χ0) is 28.7. The van der Waals surface area contributed by atoms with E-state index in [0.29, 0.717) is 16.7 Å². The molecule has 0 aromatic heterocycles. The first kappa shape index (κ1) is 28.4. The number of hydrogen-bond acceptors (Lipinski definition) is 10. The number of carbonyl (C=O) groups is 2. The number of rotatable bonds is 10. The average Bonchev–Trinajstić information content (AvgIpc) is 2.89. The zero-order valence-electron chi connectivity index (χ0n) is 20.6. The lowest BCUT2D eigenvalue weighted by Gasteiger charge is -2.24. The molecule has 11 heteroatoms. The largest absolute Gasteiger partial charge is 0.504 e. The number of carboxylic acids is 1. The molecule has 2 unspecified atom stereocenters. The van der Waals surface area contributed by atoms with Gasteiger partial charge in [0.25, 0.3) is 0 Å². The number of aromatic hydroxyl groups is 6. The summed E-state index contributed by atoms with van der Waals surface area (Å²) in [5, 5.41) is 71.0. The number of esters is 1. The van der Waals surface area contributed by atoms with E-state index in [1.165, 1.54) is 60.7 Å². The third kappa shape index (κ3) is 7.21. The lowest BCUT2D eigenvalue weighted by Crippen LogP contribution is -2.37. The SMILES string of the molecule is CNCC(c1ccc(O)c(O)c1)C(OC(=O)C=Cc1cc(O)c(O)cc1C=Cc1ccc(O)c(O)c1)C(=O)O. The van der Waals surface area contributed by atoms with Crippen LogP contribution in [0.1, 0.15) is 28.2 Å². The van der Waals surface area contributed by atoms with E-state index in [1.807, 2.05) is 0 Å². The second-order valence-electron chi connectivity index (χ2n) is 8.49. The first-order valence-electron chi connectivity index (χ1n) is 11.5. The highest BCUT2D eigenvalue weighted by Crippen LogP contribution is 2.33. The van der Waals surface area contributed by atoms with Gasteiger partial charge < -0.3 is 45.8 Å². The van der Waals surface area contributed by atoms with Crippen LogP contribution >= 0.6 is 0 Å². The summed E-state index contributed by atoms with van der Waals surface area (Å²) in [4.78, 5) is 24.6. The van der Waals surface area contributed by atoms with Crippen molar-refractivity contribution in [2.24, 2.45) is 0 Å². The van der Waals surface area contributed by atoms with Crippen molar-refractivity contribution in [2.45, 2.75) is 12.0 Å². The van der Waals surface area contributed by atoms with Crippen LogP contribution in [0.15, 0.2) is 54.6 Å². The van der Waals surface area contributed by atoms with E-state index in [2.05, 4.69) is 5.32 Å². The van der Waals surface area contributed by atoms with Crippen LogP contribution in [0.2, 0.25) is 0 Å². The maximum absolute atomic E-state index is 12.6. The van der Waals surface area contributed by atoms with Gasteiger partial charge in [-0.15, -0.1) is 0 Å². The van der Waals surface area contributed by atoms with Gasteiger partial charge >= 0.3 is 11.9 Å². The summed E-state index contributed by atoms with van der Waals surface area (Å²) >= 11 is 0. The number of likely N-dealkylation sites (N-methyl/N-ethyl adjacent to an activating group) is 1. The van der Waals surface area contributed by atoms with Crippen molar-refractivity contribution in [3.8, 4) is 34.5 Å². The Bertz CT molecular complexity index is 1430. The summed E-state index contributed by atoms with van der Waals surface area (Å²) in [6.45, 7) is 0.0613. The number of phenolic OH excluding ortho intramolecular Hbond substituents is 6. The van der Waals surface area contributed by atoms with Crippen molar-refractivity contribution in [2.75, 3.05) is 13.6 Å². The van der Waals surface area contributed by atoms with Crippen LogP contribution in [-0.2, 0) is 14.3 Å². The van der Waals surface area contributed by atoms with E-state index in [4.69, 9.17) is 4.74 Å². The van der Waals surface area contributed by atoms with Crippen molar-refractivity contribution >= 4 is 30.2 Å². The number of phenols is 6. The monoisotopic (exact) mass is 537 g/mol. The van der Waals surface area contributed by atoms with Crippen LogP contribution in [0, 0.1) is 0 Å². The van der Waals surface area contributed by atoms with Crippen LogP contribution in [0.3, 0.4) is 0 Å². The van der Waals surface area contributed by atoms with E-state index >= 15 is 0 Å². The molecule has 3 aromatic carbocycles. The van der Waals surface area contributed by atoms with Crippen LogP contribution in [0.25, 0.3) is 18.2 Å². The lowest BCUT2D eigenvalue weighted by atomic mass is 9.92. The number of ether oxygens (including phenoxy) is 1. The fourth-order valence-electron chi connectivity index (χ4n) is 3.75. The van der Waals surface area contributed by atoms with Gasteiger partial charge in [0.2, 0.25) is 6.10 Å². The molecular weight excluding hydrogens is 510 g/mol. The van der Waals surface area contributed by atoms with Crippen molar-refractivity contribution in [3.05, 3.63) is 76.9 Å². The first-order valence-corrected chi connectivity index (χ1v) is 11.5. The second kappa shape index (κ2) is 12.4. The Balaban J connectivity index is 1.86. The van der Waals surface area contributed by atoms with Crippen LogP contribution in [0.5, 0.6) is 34.5 Å². The summed E-state index contributed by atoms with van der Waals surface area (Å²) in [7, 11) is 1.57. The van der Waals surface area contributed by atoms with Gasteiger partial charge in [-0.25, -0.2) is 9.59 Å². The molecule has 0 aliphatic rings. The number of benzene rings is 3. The Kier molecular flexibility index (Phi) is 9.03. The minimum Gasteiger partial charge on any atom is -0.504 e. The number of nitrogens with one attached hydrogen (secondary N) is 1. The topological polar surface area (TPSA) is 197 Å². The van der Waals surface area contributed by atoms with E-state index in [9.17, 15) is 45.3 Å². The van der Waals surface area contributed by atoms with Gasteiger partial charge in [0.1, 0.15) is 0 Å². The Morgan fingerprint density at radius 1 is 0.769 bits per heavy atom. The Hall–Kier alpha value is -5.16. The molecule has 3 aromatic rings. The maximum atomic E-state index is 12.6. The molecule has 0 aliphatic heterocycles. The maximum Gasteiger partial charge on any atom is 0.345 e. The standard InChI is InChI=1S/C28H27NO10/c1-29-14-19(18-5-8-21(31)23(33)13-18)27(28(37)38)39-26(36)9-6-17-12-25(35)24(34)11-16(17)4-2-15-3-7-20(30)22(32)10-15/h2-13,19,27,29-35H,14H2,1H3,(H,37,38). The van der Waals surface area contributed by atoms with Gasteiger partial charge in [0.15, 0.2) is 34.5 Å². The summed E-state index contributed by atoms with van der Waals surface area (Å²) in [6.07, 6.45) is 3.63. The van der Waals surface area contributed by atoms with E-state index < -0.39 is 47.0 Å². The highest BCUT2D eigenvalue weighted by Gasteiger charge is 2.33. The first-order chi connectivity index (χ1) is 18.5. The molecular formula is C28H27NO10. The van der Waals surface area contributed by atoms with Crippen molar-refractivity contribution in [3.63, 3.8) is 0 Å². The summed E-state index contributed by atoms with van der Waals surface area (Å²) in [5.41, 5.74) is 1.43. The van der Waals surface area contributed by atoms with Gasteiger partial charge in [-0.2, -0.15) is 0 Å². The molecule has 0 fully saturated rings. The lowest BCUT2D eigenvalue weighted by molar-refractivity contribution is -0.162. The van der Waals surface area contributed by atoms with Gasteiger partial charge in [-0.1, -0.05) is 24.3 Å². The second-order valence-corrected chi connectivity index (χ2v) is 8.49. The minimum atomic E-state index is -1.66. The number of carbonyl (C=O) groups excluding carboxylic acids is 1. The van der Waals surface area contributed by atoms with Crippen molar-refractivity contribution < 1.29 is 50.1 Å². The number of hydrogen-bond donors (Lipinski definition) is 8. The van der Waals surface area contributed by atoms with Crippen LogP contribution in [0.4, 0.5) is 0 Å². The molecule has 204 valence electrons. The molecule has 39 heavy (non-hydrogen) atoms. The minimum absolute atomic E-state index is 0.0613. The van der Waals surface area contributed by atoms with Crippen LogP contribution in [-0.4, -0.2) is 67.4 Å². The normalized spacial score (nSPS) is 12.9. The fraction of sp³-hybridized carbons (Fsp3) is 0.143. The van der Waals surface area contributed by atoms with Gasteiger partial charge in [-0.05, 0) is 71.8 Å². The summed E-state index contributed by atoms with van der Waals surface area (Å²) < 4.78 is 5.23. The third-order valence-electron chi connectivity index (χ3n) is 5.74. The predicted octanol–water partition coefficient (Wildman–Crippen LogP) is 3.10. The molecule has 0 bridgehead atoms. The Morgan fingerprint density at radius 3 is 1.90 bits per heavy atom. The van der Waals surface area contributed by atoms with Gasteiger partial charge in [0.05, 0.1) is 0 Å². The average molecular weight is 538 g/mol. The molecule has 3 rings (SSSR count). The van der Waals surface area contributed by atoms with Crippen molar-refractivity contribution in [1.82, 2.24) is 5.32 Å². The molecule has 0 saturated heterocycles. The number of carboxylic acid groups (broad SMARTS) is 1. The van der Waals surface area contributed by atoms with Gasteiger partial charge in [-0.3, -0.25) is 0 Å². The smallest absolute Gasteiger partial charge is 0.345 e. The molecule has 0 radical (unpaired) electrons. The molecule has 0 aliphatic carbocycles. The van der Waals surface area contributed by atoms with E-state index in [-0.39, 0.29) is 23.6 Å². The highest BCUT2D eigenvalue weighted by atomic mass is 16.6. The van der Waals surface area contributed by atoms with Gasteiger partial charge in [0, 0.05) is 18.5 Å². The fourth-order valence-corrected chi connectivity index (χ4v) is 3.75. The summed E-state index contributed by atoms with van der Waals surface area (Å²) in [5.74, 6) is -5.75. The Labute approximate surface area is 222 Å². The highest BCUT2D eigenvalue weighted by molar-refractivity contribution is 5.91. The molecule has 0 saturated carbocycles. The van der Waals surface area contributed by atoms with E-state index in [0.717, 1.165) is 6.08 Å². The molecule has 11 nitrogen and oxygen atoms in total. The Morgan fingerprint density at radius 2 is 1.33 bits per heavy atom. The third-order valence-corrected chi connectivity index (χ3v) is 5.74. The molecule has 0 amide bonds. The number of aliphatic carboxylic acids is 1.